The van der Waals surface area contributed by atoms with Crippen molar-refractivity contribution < 1.29 is 29.5 Å². The molecule has 0 aliphatic carbocycles. The van der Waals surface area contributed by atoms with Gasteiger partial charge >= 0.3 is 0 Å². The van der Waals surface area contributed by atoms with Crippen LogP contribution in [-0.4, -0.2) is 71.1 Å². The van der Waals surface area contributed by atoms with Gasteiger partial charge in [-0.05, 0) is 13.8 Å². The third kappa shape index (κ3) is 4.34. The van der Waals surface area contributed by atoms with Gasteiger partial charge in [0.1, 0.15) is 18.3 Å². The lowest BCUT2D eigenvalue weighted by Gasteiger charge is -2.39. The molecule has 3 N–H and O–H groups in total. The molecule has 1 rings (SSSR count). The first-order valence-electron chi connectivity index (χ1n) is 6.01. The van der Waals surface area contributed by atoms with Gasteiger partial charge in [0.05, 0.1) is 25.4 Å². The van der Waals surface area contributed by atoms with Crippen LogP contribution in [0.4, 0.5) is 0 Å². The predicted molar refractivity (Wildman–Crippen MR) is 67.6 cm³/mol. The van der Waals surface area contributed by atoms with E-state index >= 15 is 0 Å². The summed E-state index contributed by atoms with van der Waals surface area (Å²) in [6, 6.07) is 0. The smallest absolute Gasteiger partial charge is 0.186 e. The summed E-state index contributed by atoms with van der Waals surface area (Å²) in [7, 11) is 0. The zero-order valence-corrected chi connectivity index (χ0v) is 11.5. The Labute approximate surface area is 112 Å². The molecule has 0 saturated carbocycles. The van der Waals surface area contributed by atoms with Crippen LogP contribution in [0.1, 0.15) is 13.8 Å². The number of ether oxygens (including phenoxy) is 3. The van der Waals surface area contributed by atoms with Gasteiger partial charge in [0, 0.05) is 5.75 Å². The second kappa shape index (κ2) is 7.64. The molecule has 0 aromatic heterocycles. The van der Waals surface area contributed by atoms with Crippen LogP contribution in [-0.2, 0) is 14.2 Å². The monoisotopic (exact) mass is 282 g/mol. The molecule has 1 aliphatic rings. The lowest BCUT2D eigenvalue weighted by Crippen LogP contribution is -2.58. The Morgan fingerprint density at radius 1 is 1.11 bits per heavy atom. The van der Waals surface area contributed by atoms with Gasteiger partial charge in [0.25, 0.3) is 0 Å². The van der Waals surface area contributed by atoms with Gasteiger partial charge in [0.15, 0.2) is 6.29 Å². The molecule has 0 aromatic carbocycles. The third-order valence-corrected chi connectivity index (χ3v) is 3.02. The average Bonchev–Trinajstić information content (AvgIpc) is 2.34. The van der Waals surface area contributed by atoms with Gasteiger partial charge in [-0.3, -0.25) is 0 Å². The van der Waals surface area contributed by atoms with E-state index in [1.807, 2.05) is 13.8 Å². The SMILES string of the molecule is CC(C)OCCOC1OC(CS)C(O)C(O)C1O. The van der Waals surface area contributed by atoms with E-state index in [2.05, 4.69) is 12.6 Å². The van der Waals surface area contributed by atoms with Crippen molar-refractivity contribution in [2.45, 2.75) is 50.7 Å². The van der Waals surface area contributed by atoms with Gasteiger partial charge in [-0.2, -0.15) is 12.6 Å². The second-order valence-corrected chi connectivity index (χ2v) is 4.85. The van der Waals surface area contributed by atoms with E-state index in [1.54, 1.807) is 0 Å². The Morgan fingerprint density at radius 3 is 2.33 bits per heavy atom. The standard InChI is InChI=1S/C11H22O6S/c1-6(2)15-3-4-16-11-10(14)9(13)8(12)7(5-18)17-11/h6-14,18H,3-5H2,1-2H3. The Balaban J connectivity index is 2.39. The summed E-state index contributed by atoms with van der Waals surface area (Å²) >= 11 is 4.01. The number of hydrogen-bond donors (Lipinski definition) is 4. The highest BCUT2D eigenvalue weighted by Gasteiger charge is 2.43. The van der Waals surface area contributed by atoms with E-state index < -0.39 is 30.7 Å². The van der Waals surface area contributed by atoms with Crippen molar-refractivity contribution in [2.75, 3.05) is 19.0 Å². The van der Waals surface area contributed by atoms with Crippen molar-refractivity contribution >= 4 is 12.6 Å². The Kier molecular flexibility index (Phi) is 6.86. The van der Waals surface area contributed by atoms with E-state index in [0.717, 1.165) is 0 Å². The first-order valence-corrected chi connectivity index (χ1v) is 6.64. The third-order valence-electron chi connectivity index (χ3n) is 2.67. The molecule has 0 spiro atoms. The minimum Gasteiger partial charge on any atom is -0.388 e. The molecule has 1 saturated heterocycles. The fourth-order valence-electron chi connectivity index (χ4n) is 1.65. The Bertz CT molecular complexity index is 238. The lowest BCUT2D eigenvalue weighted by molar-refractivity contribution is -0.293. The maximum absolute atomic E-state index is 9.70. The van der Waals surface area contributed by atoms with Gasteiger partial charge in [0.2, 0.25) is 0 Å². The summed E-state index contributed by atoms with van der Waals surface area (Å²) in [4.78, 5) is 0. The lowest BCUT2D eigenvalue weighted by atomic mass is 10.00. The van der Waals surface area contributed by atoms with E-state index in [4.69, 9.17) is 14.2 Å². The predicted octanol–water partition coefficient (Wildman–Crippen LogP) is -0.835. The Hall–Kier alpha value is 0.110. The number of aliphatic hydroxyl groups excluding tert-OH is 3. The van der Waals surface area contributed by atoms with Crippen LogP contribution in [0.5, 0.6) is 0 Å². The fraction of sp³-hybridized carbons (Fsp3) is 1.00. The van der Waals surface area contributed by atoms with E-state index in [0.29, 0.717) is 6.61 Å². The maximum atomic E-state index is 9.70. The van der Waals surface area contributed by atoms with Gasteiger partial charge in [-0.1, -0.05) is 0 Å². The van der Waals surface area contributed by atoms with E-state index in [-0.39, 0.29) is 18.5 Å². The van der Waals surface area contributed by atoms with Crippen LogP contribution in [0.3, 0.4) is 0 Å². The molecule has 5 atom stereocenters. The molecular weight excluding hydrogens is 260 g/mol. The summed E-state index contributed by atoms with van der Waals surface area (Å²) in [6.07, 6.45) is -5.28. The maximum Gasteiger partial charge on any atom is 0.186 e. The zero-order valence-electron chi connectivity index (χ0n) is 10.6. The van der Waals surface area contributed by atoms with E-state index in [1.165, 1.54) is 0 Å². The quantitative estimate of drug-likeness (QED) is 0.375. The van der Waals surface area contributed by atoms with Crippen molar-refractivity contribution in [2.24, 2.45) is 0 Å². The molecule has 0 radical (unpaired) electrons. The van der Waals surface area contributed by atoms with Crippen LogP contribution >= 0.6 is 12.6 Å². The van der Waals surface area contributed by atoms with Crippen LogP contribution in [0.15, 0.2) is 0 Å². The minimum absolute atomic E-state index is 0.100. The molecule has 0 amide bonds. The minimum atomic E-state index is -1.30. The van der Waals surface area contributed by atoms with Crippen LogP contribution < -0.4 is 0 Å². The van der Waals surface area contributed by atoms with Crippen molar-refractivity contribution in [3.63, 3.8) is 0 Å². The molecule has 1 heterocycles. The summed E-state index contributed by atoms with van der Waals surface area (Å²) in [6.45, 7) is 4.42. The molecule has 5 unspecified atom stereocenters. The summed E-state index contributed by atoms with van der Waals surface area (Å²) in [5.41, 5.74) is 0. The molecule has 108 valence electrons. The molecule has 0 aromatic rings. The van der Waals surface area contributed by atoms with Gasteiger partial charge < -0.3 is 29.5 Å². The zero-order chi connectivity index (χ0) is 13.7. The normalized spacial score (nSPS) is 37.2. The fourth-order valence-corrected chi connectivity index (χ4v) is 1.96. The largest absolute Gasteiger partial charge is 0.388 e. The number of thiol groups is 1. The van der Waals surface area contributed by atoms with Crippen molar-refractivity contribution in [1.82, 2.24) is 0 Å². The molecule has 0 bridgehead atoms. The molecule has 1 fully saturated rings. The average molecular weight is 282 g/mol. The van der Waals surface area contributed by atoms with Crippen LogP contribution in [0, 0.1) is 0 Å². The number of hydrogen-bond acceptors (Lipinski definition) is 7. The first-order chi connectivity index (χ1) is 8.47. The summed E-state index contributed by atoms with van der Waals surface area (Å²) < 4.78 is 15.9. The molecule has 7 heteroatoms. The first kappa shape index (κ1) is 16.2. The van der Waals surface area contributed by atoms with Gasteiger partial charge in [-0.15, -0.1) is 0 Å². The van der Waals surface area contributed by atoms with Crippen molar-refractivity contribution in [1.29, 1.82) is 0 Å². The van der Waals surface area contributed by atoms with E-state index in [9.17, 15) is 15.3 Å². The molecule has 1 aliphatic heterocycles. The molecule has 18 heavy (non-hydrogen) atoms. The van der Waals surface area contributed by atoms with Gasteiger partial charge in [-0.25, -0.2) is 0 Å². The number of aliphatic hydroxyl groups is 3. The van der Waals surface area contributed by atoms with Crippen molar-refractivity contribution in [3.05, 3.63) is 0 Å². The topological polar surface area (TPSA) is 88.4 Å². The highest BCUT2D eigenvalue weighted by atomic mass is 32.1. The van der Waals surface area contributed by atoms with Crippen LogP contribution in [0.2, 0.25) is 0 Å². The van der Waals surface area contributed by atoms with Crippen molar-refractivity contribution in [3.8, 4) is 0 Å². The number of rotatable bonds is 6. The summed E-state index contributed by atoms with van der Waals surface area (Å²) in [5, 5.41) is 28.9. The molecule has 6 nitrogen and oxygen atoms in total. The molecular formula is C11H22O6S. The second-order valence-electron chi connectivity index (χ2n) is 4.49. The Morgan fingerprint density at radius 2 is 1.78 bits per heavy atom. The van der Waals surface area contributed by atoms with Crippen LogP contribution in [0.25, 0.3) is 0 Å². The highest BCUT2D eigenvalue weighted by Crippen LogP contribution is 2.22. The summed E-state index contributed by atoms with van der Waals surface area (Å²) in [5.74, 6) is 0.229. The highest BCUT2D eigenvalue weighted by molar-refractivity contribution is 7.80.